The number of nitrogens with zero attached hydrogens (tertiary/aromatic N) is 2. The minimum atomic E-state index is 0.556. The highest BCUT2D eigenvalue weighted by molar-refractivity contribution is 5.77. The molecule has 1 aromatic heterocycles. The predicted octanol–water partition coefficient (Wildman–Crippen LogP) is 3.25. The van der Waals surface area contributed by atoms with Crippen LogP contribution in [0.5, 0.6) is 5.75 Å². The van der Waals surface area contributed by atoms with Crippen LogP contribution in [-0.4, -0.2) is 12.1 Å². The zero-order valence-corrected chi connectivity index (χ0v) is 10.7. The van der Waals surface area contributed by atoms with Gasteiger partial charge in [-0.3, -0.25) is 4.98 Å². The Morgan fingerprint density at radius 3 is 2.67 bits per heavy atom. The second kappa shape index (κ2) is 4.89. The summed E-state index contributed by atoms with van der Waals surface area (Å²) in [6.45, 7) is 4.03. The summed E-state index contributed by atoms with van der Waals surface area (Å²) in [6, 6.07) is 8.10. The Labute approximate surface area is 107 Å². The third-order valence-electron chi connectivity index (χ3n) is 2.85. The van der Waals surface area contributed by atoms with E-state index in [1.54, 1.807) is 19.5 Å². The molecule has 0 radical (unpaired) electrons. The molecule has 0 aliphatic rings. The van der Waals surface area contributed by atoms with E-state index >= 15 is 0 Å². The van der Waals surface area contributed by atoms with E-state index in [2.05, 4.69) is 17.1 Å². The summed E-state index contributed by atoms with van der Waals surface area (Å²) in [5, 5.41) is 9.15. The van der Waals surface area contributed by atoms with Crippen LogP contribution < -0.4 is 4.74 Å². The molecule has 0 saturated heterocycles. The molecule has 0 saturated carbocycles. The van der Waals surface area contributed by atoms with Crippen molar-refractivity contribution in [2.45, 2.75) is 13.8 Å². The molecular formula is C15H14N2O. The van der Waals surface area contributed by atoms with Gasteiger partial charge in [0.05, 0.1) is 12.7 Å². The second-order valence-corrected chi connectivity index (χ2v) is 4.20. The number of aryl methyl sites for hydroxylation is 2. The summed E-state index contributed by atoms with van der Waals surface area (Å²) in [5.41, 5.74) is 4.56. The molecule has 0 N–H and O–H groups in total. The van der Waals surface area contributed by atoms with Gasteiger partial charge in [0.25, 0.3) is 0 Å². The number of nitriles is 1. The van der Waals surface area contributed by atoms with Crippen LogP contribution in [0.4, 0.5) is 0 Å². The van der Waals surface area contributed by atoms with Gasteiger partial charge in [-0.05, 0) is 37.1 Å². The number of rotatable bonds is 2. The molecular weight excluding hydrogens is 224 g/mol. The van der Waals surface area contributed by atoms with Crippen LogP contribution in [0, 0.1) is 25.2 Å². The average Bonchev–Trinajstić information content (AvgIpc) is 2.38. The number of methoxy groups -OCH3 is 1. The first kappa shape index (κ1) is 12.1. The molecule has 0 atom stereocenters. The zero-order chi connectivity index (χ0) is 13.1. The molecule has 1 heterocycles. The number of hydrogen-bond donors (Lipinski definition) is 0. The average molecular weight is 238 g/mol. The Kier molecular flexibility index (Phi) is 3.29. The minimum Gasteiger partial charge on any atom is -0.496 e. The maximum Gasteiger partial charge on any atom is 0.129 e. The SMILES string of the molecule is COc1c(C)cc(C)cc1-c1ccncc1C#N. The molecule has 2 aromatic rings. The van der Waals surface area contributed by atoms with E-state index in [0.29, 0.717) is 5.56 Å². The van der Waals surface area contributed by atoms with Gasteiger partial charge in [0.15, 0.2) is 0 Å². The van der Waals surface area contributed by atoms with Crippen LogP contribution in [0.1, 0.15) is 16.7 Å². The normalized spacial score (nSPS) is 9.89. The van der Waals surface area contributed by atoms with Crippen molar-refractivity contribution in [3.05, 3.63) is 47.3 Å². The highest BCUT2D eigenvalue weighted by atomic mass is 16.5. The number of ether oxygens (including phenoxy) is 1. The molecule has 0 aliphatic carbocycles. The first-order valence-electron chi connectivity index (χ1n) is 5.67. The maximum absolute atomic E-state index is 9.15. The molecule has 0 spiro atoms. The van der Waals surface area contributed by atoms with Crippen molar-refractivity contribution in [1.82, 2.24) is 4.98 Å². The molecule has 0 unspecified atom stereocenters. The Morgan fingerprint density at radius 2 is 2.00 bits per heavy atom. The summed E-state index contributed by atoms with van der Waals surface area (Å²) in [7, 11) is 1.65. The van der Waals surface area contributed by atoms with Crippen molar-refractivity contribution < 1.29 is 4.74 Å². The van der Waals surface area contributed by atoms with Crippen molar-refractivity contribution >= 4 is 0 Å². The molecule has 1 aromatic carbocycles. The monoisotopic (exact) mass is 238 g/mol. The fourth-order valence-electron chi connectivity index (χ4n) is 2.14. The van der Waals surface area contributed by atoms with E-state index in [4.69, 9.17) is 10.00 Å². The molecule has 3 heteroatoms. The molecule has 18 heavy (non-hydrogen) atoms. The third-order valence-corrected chi connectivity index (χ3v) is 2.85. The van der Waals surface area contributed by atoms with E-state index in [0.717, 1.165) is 28.0 Å². The van der Waals surface area contributed by atoms with Crippen LogP contribution in [0.25, 0.3) is 11.1 Å². The quantitative estimate of drug-likeness (QED) is 0.806. The van der Waals surface area contributed by atoms with Crippen LogP contribution in [0.2, 0.25) is 0 Å². The molecule has 3 nitrogen and oxygen atoms in total. The Morgan fingerprint density at radius 1 is 1.22 bits per heavy atom. The Balaban J connectivity index is 2.75. The fraction of sp³-hybridized carbons (Fsp3) is 0.200. The summed E-state index contributed by atoms with van der Waals surface area (Å²) in [5.74, 6) is 0.809. The van der Waals surface area contributed by atoms with Crippen molar-refractivity contribution in [2.75, 3.05) is 7.11 Å². The molecule has 0 fully saturated rings. The lowest BCUT2D eigenvalue weighted by atomic mass is 9.97. The largest absolute Gasteiger partial charge is 0.496 e. The van der Waals surface area contributed by atoms with E-state index in [9.17, 15) is 0 Å². The van der Waals surface area contributed by atoms with Crippen molar-refractivity contribution in [3.63, 3.8) is 0 Å². The number of pyridine rings is 1. The van der Waals surface area contributed by atoms with Crippen molar-refractivity contribution in [1.29, 1.82) is 5.26 Å². The lowest BCUT2D eigenvalue weighted by Crippen LogP contribution is -1.95. The van der Waals surface area contributed by atoms with Crippen LogP contribution >= 0.6 is 0 Å². The first-order chi connectivity index (χ1) is 8.67. The van der Waals surface area contributed by atoms with E-state index in [1.807, 2.05) is 26.0 Å². The molecule has 0 bridgehead atoms. The lowest BCUT2D eigenvalue weighted by Gasteiger charge is -2.13. The third kappa shape index (κ3) is 2.05. The topological polar surface area (TPSA) is 45.9 Å². The molecule has 0 aliphatic heterocycles. The van der Waals surface area contributed by atoms with Gasteiger partial charge in [0.2, 0.25) is 0 Å². The molecule has 2 rings (SSSR count). The van der Waals surface area contributed by atoms with Gasteiger partial charge < -0.3 is 4.74 Å². The van der Waals surface area contributed by atoms with Crippen LogP contribution in [0.3, 0.4) is 0 Å². The summed E-state index contributed by atoms with van der Waals surface area (Å²) >= 11 is 0. The second-order valence-electron chi connectivity index (χ2n) is 4.20. The predicted molar refractivity (Wildman–Crippen MR) is 70.4 cm³/mol. The van der Waals surface area contributed by atoms with Crippen molar-refractivity contribution in [3.8, 4) is 22.9 Å². The molecule has 0 amide bonds. The smallest absolute Gasteiger partial charge is 0.129 e. The Hall–Kier alpha value is -2.34. The van der Waals surface area contributed by atoms with Gasteiger partial charge >= 0.3 is 0 Å². The highest BCUT2D eigenvalue weighted by Gasteiger charge is 2.13. The Bertz CT molecular complexity index is 627. The fourth-order valence-corrected chi connectivity index (χ4v) is 2.14. The van der Waals surface area contributed by atoms with Gasteiger partial charge in [-0.1, -0.05) is 6.07 Å². The minimum absolute atomic E-state index is 0.556. The van der Waals surface area contributed by atoms with E-state index < -0.39 is 0 Å². The van der Waals surface area contributed by atoms with Gasteiger partial charge in [0.1, 0.15) is 11.8 Å². The van der Waals surface area contributed by atoms with Crippen molar-refractivity contribution in [2.24, 2.45) is 0 Å². The summed E-state index contributed by atoms with van der Waals surface area (Å²) in [6.07, 6.45) is 3.26. The van der Waals surface area contributed by atoms with E-state index in [1.165, 1.54) is 0 Å². The lowest BCUT2D eigenvalue weighted by molar-refractivity contribution is 0.413. The number of aromatic nitrogens is 1. The summed E-state index contributed by atoms with van der Waals surface area (Å²) < 4.78 is 5.46. The number of hydrogen-bond acceptors (Lipinski definition) is 3. The van der Waals surface area contributed by atoms with Gasteiger partial charge in [-0.15, -0.1) is 0 Å². The first-order valence-corrected chi connectivity index (χ1v) is 5.67. The van der Waals surface area contributed by atoms with Gasteiger partial charge in [-0.2, -0.15) is 5.26 Å². The zero-order valence-electron chi connectivity index (χ0n) is 10.7. The summed E-state index contributed by atoms with van der Waals surface area (Å²) in [4.78, 5) is 3.98. The number of benzene rings is 1. The van der Waals surface area contributed by atoms with E-state index in [-0.39, 0.29) is 0 Å². The molecule has 90 valence electrons. The van der Waals surface area contributed by atoms with Gasteiger partial charge in [-0.25, -0.2) is 0 Å². The maximum atomic E-state index is 9.15. The highest BCUT2D eigenvalue weighted by Crippen LogP contribution is 2.35. The van der Waals surface area contributed by atoms with Crippen LogP contribution in [-0.2, 0) is 0 Å². The van der Waals surface area contributed by atoms with Crippen LogP contribution in [0.15, 0.2) is 30.6 Å². The standard InChI is InChI=1S/C15H14N2O/c1-10-6-11(2)15(18-3)14(7-10)13-4-5-17-9-12(13)8-16/h4-7,9H,1-3H3. The van der Waals surface area contributed by atoms with Gasteiger partial charge in [0, 0.05) is 23.5 Å².